The quantitative estimate of drug-likeness (QED) is 0.241. The fourth-order valence-corrected chi connectivity index (χ4v) is 6.30. The maximum atomic E-state index is 13.4. The minimum Gasteiger partial charge on any atom is -0.346 e. The monoisotopic (exact) mass is 650 g/mol. The largest absolute Gasteiger partial charge is 0.416 e. The van der Waals surface area contributed by atoms with Gasteiger partial charge in [-0.05, 0) is 52.2 Å². The van der Waals surface area contributed by atoms with Crippen molar-refractivity contribution >= 4 is 56.6 Å². The van der Waals surface area contributed by atoms with Gasteiger partial charge in [-0.2, -0.15) is 18.3 Å². The fraction of sp³-hybridized carbons (Fsp3) is 0.185. The van der Waals surface area contributed by atoms with E-state index in [0.29, 0.717) is 20.1 Å². The van der Waals surface area contributed by atoms with Crippen LogP contribution < -0.4 is 5.32 Å². The number of thiophene rings is 1. The molecule has 0 saturated heterocycles. The molecule has 0 unspecified atom stereocenters. The lowest BCUT2D eigenvalue weighted by Crippen LogP contribution is -2.46. The molecule has 3 heterocycles. The second-order valence-corrected chi connectivity index (χ2v) is 11.6. The Morgan fingerprint density at radius 1 is 1.07 bits per heavy atom. The number of halogens is 5. The lowest BCUT2D eigenvalue weighted by Gasteiger charge is -2.24. The Bertz CT molecular complexity index is 1600. The Labute approximate surface area is 243 Å². The van der Waals surface area contributed by atoms with Crippen LogP contribution in [-0.4, -0.2) is 45.0 Å². The minimum atomic E-state index is -4.55. The fourth-order valence-electron chi connectivity index (χ4n) is 4.56. The van der Waals surface area contributed by atoms with Gasteiger partial charge in [-0.25, -0.2) is 0 Å². The molecule has 0 spiro atoms. The van der Waals surface area contributed by atoms with Crippen molar-refractivity contribution in [2.45, 2.75) is 18.6 Å². The van der Waals surface area contributed by atoms with Crippen LogP contribution in [0.25, 0.3) is 11.3 Å². The van der Waals surface area contributed by atoms with Crippen LogP contribution in [0.2, 0.25) is 4.34 Å². The third-order valence-corrected chi connectivity index (χ3v) is 8.35. The number of aromatic nitrogens is 2. The molecule has 0 radical (unpaired) electrons. The van der Waals surface area contributed by atoms with Crippen LogP contribution in [0.4, 0.5) is 13.2 Å². The van der Waals surface area contributed by atoms with Gasteiger partial charge in [0.05, 0.1) is 44.0 Å². The van der Waals surface area contributed by atoms with Crippen molar-refractivity contribution in [2.24, 2.45) is 7.05 Å². The zero-order valence-corrected chi connectivity index (χ0v) is 23.8. The summed E-state index contributed by atoms with van der Waals surface area (Å²) < 4.78 is 42.6. The van der Waals surface area contributed by atoms with Crippen molar-refractivity contribution in [3.8, 4) is 11.3 Å². The molecule has 5 rings (SSSR count). The lowest BCUT2D eigenvalue weighted by atomic mass is 10.0. The summed E-state index contributed by atoms with van der Waals surface area (Å²) in [5.41, 5.74) is 1.12. The molecule has 1 atom stereocenters. The molecule has 1 aliphatic heterocycles. The number of imide groups is 1. The third-order valence-electron chi connectivity index (χ3n) is 6.41. The Morgan fingerprint density at radius 3 is 2.35 bits per heavy atom. The van der Waals surface area contributed by atoms with Gasteiger partial charge in [0.1, 0.15) is 4.34 Å². The number of benzene rings is 2. The third kappa shape index (κ3) is 5.43. The first-order chi connectivity index (χ1) is 18.9. The highest BCUT2D eigenvalue weighted by Gasteiger charge is 2.37. The number of carbonyl (C=O) groups excluding carboxylic acids is 3. The number of fused-ring (bicyclic) bond motifs is 1. The van der Waals surface area contributed by atoms with Crippen molar-refractivity contribution in [1.82, 2.24) is 20.0 Å². The van der Waals surface area contributed by atoms with Crippen LogP contribution in [0.5, 0.6) is 0 Å². The summed E-state index contributed by atoms with van der Waals surface area (Å²) in [5, 5.41) is 6.96. The summed E-state index contributed by atoms with van der Waals surface area (Å²) >= 11 is 10.9. The van der Waals surface area contributed by atoms with Crippen LogP contribution in [0, 0.1) is 0 Å². The van der Waals surface area contributed by atoms with Crippen LogP contribution >= 0.6 is 38.9 Å². The van der Waals surface area contributed by atoms with Gasteiger partial charge in [-0.1, -0.05) is 41.9 Å². The molecule has 0 bridgehead atoms. The number of aryl methyl sites for hydroxylation is 1. The molecule has 1 aliphatic rings. The van der Waals surface area contributed by atoms with Gasteiger partial charge in [0.15, 0.2) is 0 Å². The highest BCUT2D eigenvalue weighted by Crippen LogP contribution is 2.39. The number of rotatable bonds is 7. The van der Waals surface area contributed by atoms with Gasteiger partial charge in [0.2, 0.25) is 0 Å². The van der Waals surface area contributed by atoms with Gasteiger partial charge in [0, 0.05) is 19.2 Å². The van der Waals surface area contributed by atoms with Crippen LogP contribution in [0.3, 0.4) is 0 Å². The first-order valence-corrected chi connectivity index (χ1v) is 13.8. The topological polar surface area (TPSA) is 84.3 Å². The second kappa shape index (κ2) is 10.8. The molecule has 7 nitrogen and oxygen atoms in total. The zero-order chi connectivity index (χ0) is 28.8. The van der Waals surface area contributed by atoms with Gasteiger partial charge in [-0.3, -0.25) is 24.0 Å². The van der Waals surface area contributed by atoms with Crippen LogP contribution in [-0.2, 0) is 19.6 Å². The van der Waals surface area contributed by atoms with E-state index in [1.54, 1.807) is 36.1 Å². The molecule has 3 amide bonds. The summed E-state index contributed by atoms with van der Waals surface area (Å²) in [6.07, 6.45) is -3.03. The molecule has 40 heavy (non-hydrogen) atoms. The highest BCUT2D eigenvalue weighted by atomic mass is 79.9. The van der Waals surface area contributed by atoms with Crippen molar-refractivity contribution in [3.05, 3.63) is 96.7 Å². The maximum Gasteiger partial charge on any atom is 0.416 e. The first kappa shape index (κ1) is 28.1. The average Bonchev–Trinajstić information content (AvgIpc) is 3.53. The molecule has 0 saturated carbocycles. The van der Waals surface area contributed by atoms with Crippen molar-refractivity contribution < 1.29 is 27.6 Å². The lowest BCUT2D eigenvalue weighted by molar-refractivity contribution is -0.137. The maximum absolute atomic E-state index is 13.4. The number of alkyl halides is 3. The number of nitrogens with zero attached hydrogens (tertiary/aromatic N) is 3. The molecular formula is C27H19BrClF3N4O3S. The molecule has 4 aromatic rings. The molecule has 13 heteroatoms. The Hall–Kier alpha value is -3.48. The first-order valence-electron chi connectivity index (χ1n) is 11.8. The molecule has 2 aromatic carbocycles. The smallest absolute Gasteiger partial charge is 0.346 e. The molecule has 206 valence electrons. The summed E-state index contributed by atoms with van der Waals surface area (Å²) in [6, 6.07) is 11.7. The second-order valence-electron chi connectivity index (χ2n) is 9.10. The predicted molar refractivity (Wildman–Crippen MR) is 147 cm³/mol. The van der Waals surface area contributed by atoms with Gasteiger partial charge in [-0.15, -0.1) is 11.3 Å². The molecule has 0 aliphatic carbocycles. The van der Waals surface area contributed by atoms with Crippen molar-refractivity contribution in [1.29, 1.82) is 0 Å². The van der Waals surface area contributed by atoms with Crippen molar-refractivity contribution in [2.75, 3.05) is 6.54 Å². The average molecular weight is 652 g/mol. The van der Waals surface area contributed by atoms with E-state index >= 15 is 0 Å². The Balaban J connectivity index is 1.44. The molecular weight excluding hydrogens is 633 g/mol. The summed E-state index contributed by atoms with van der Waals surface area (Å²) in [4.78, 5) is 40.6. The van der Waals surface area contributed by atoms with E-state index in [0.717, 1.165) is 28.4 Å². The van der Waals surface area contributed by atoms with Gasteiger partial charge in [0.25, 0.3) is 17.7 Å². The predicted octanol–water partition coefficient (Wildman–Crippen LogP) is 6.22. The van der Waals surface area contributed by atoms with E-state index in [1.807, 2.05) is 0 Å². The van der Waals surface area contributed by atoms with Gasteiger partial charge < -0.3 is 5.32 Å². The Kier molecular flexibility index (Phi) is 7.60. The summed E-state index contributed by atoms with van der Waals surface area (Å²) in [6.45, 7) is -0.242. The number of hydrogen-bond donors (Lipinski definition) is 1. The van der Waals surface area contributed by atoms with E-state index in [9.17, 15) is 27.6 Å². The number of amides is 3. The van der Waals surface area contributed by atoms with Crippen LogP contribution in [0.15, 0.2) is 65.3 Å². The number of hydrogen-bond acceptors (Lipinski definition) is 5. The normalized spacial score (nSPS) is 14.0. The standard InChI is InChI=1S/C27H19BrClF3N4O3S/c1-35-22(20(28)12-33-35)19-11-21(40-23(19)29)24(37)34-16(10-14-5-4-6-15(9-14)27(30,31)32)13-36-25(38)17-7-2-3-8-18(17)26(36)39/h2-9,11-12,16H,10,13H2,1H3,(H,34,37)/t16-/m0/s1. The number of carbonyl (C=O) groups is 3. The molecule has 2 aromatic heterocycles. The van der Waals surface area contributed by atoms with Crippen LogP contribution in [0.1, 0.15) is 41.5 Å². The SMILES string of the molecule is Cn1ncc(Br)c1-c1cc(C(=O)N[C@@H](Cc2cccc(C(F)(F)F)c2)CN2C(=O)c3ccccc3C2=O)sc1Cl. The van der Waals surface area contributed by atoms with E-state index in [2.05, 4.69) is 26.3 Å². The number of nitrogens with one attached hydrogen (secondary N) is 1. The Morgan fingerprint density at radius 2 is 1.75 bits per heavy atom. The van der Waals surface area contributed by atoms with E-state index in [1.165, 1.54) is 24.3 Å². The molecule has 1 N–H and O–H groups in total. The highest BCUT2D eigenvalue weighted by molar-refractivity contribution is 9.10. The van der Waals surface area contributed by atoms with E-state index < -0.39 is 35.5 Å². The summed E-state index contributed by atoms with van der Waals surface area (Å²) in [7, 11) is 1.72. The van der Waals surface area contributed by atoms with E-state index in [-0.39, 0.29) is 34.5 Å². The minimum absolute atomic E-state index is 0.0672. The zero-order valence-electron chi connectivity index (χ0n) is 20.6. The van der Waals surface area contributed by atoms with Crippen molar-refractivity contribution in [3.63, 3.8) is 0 Å². The summed E-state index contributed by atoms with van der Waals surface area (Å²) in [5.74, 6) is -1.62. The van der Waals surface area contributed by atoms with Gasteiger partial charge >= 0.3 is 6.18 Å². The van der Waals surface area contributed by atoms with E-state index in [4.69, 9.17) is 11.6 Å². The molecule has 0 fully saturated rings.